The van der Waals surface area contributed by atoms with Gasteiger partial charge in [0.25, 0.3) is 0 Å². The number of benzene rings is 1. The zero-order chi connectivity index (χ0) is 11.1. The van der Waals surface area contributed by atoms with Crippen molar-refractivity contribution in [2.24, 2.45) is 0 Å². The molecule has 0 saturated carbocycles. The lowest BCUT2D eigenvalue weighted by Crippen LogP contribution is -2.40. The zero-order valence-corrected chi connectivity index (χ0v) is 9.83. The van der Waals surface area contributed by atoms with Gasteiger partial charge >= 0.3 is 0 Å². The zero-order valence-electron chi connectivity index (χ0n) is 9.83. The molecule has 0 fully saturated rings. The molecule has 2 rings (SSSR count). The van der Waals surface area contributed by atoms with Gasteiger partial charge in [-0.1, -0.05) is 12.1 Å². The Morgan fingerprint density at radius 2 is 2.00 bits per heavy atom. The highest BCUT2D eigenvalue weighted by molar-refractivity contribution is 5.41. The van der Waals surface area contributed by atoms with Crippen molar-refractivity contribution in [2.75, 3.05) is 21.1 Å². The maximum atomic E-state index is 9.83. The fourth-order valence-electron chi connectivity index (χ4n) is 2.61. The minimum absolute atomic E-state index is 0.477. The van der Waals surface area contributed by atoms with Crippen LogP contribution >= 0.6 is 0 Å². The van der Waals surface area contributed by atoms with Gasteiger partial charge in [-0.2, -0.15) is 0 Å². The first-order valence-electron chi connectivity index (χ1n) is 5.62. The molecule has 0 radical (unpaired) electrons. The van der Waals surface area contributed by atoms with Crippen LogP contribution in [0.3, 0.4) is 0 Å². The van der Waals surface area contributed by atoms with E-state index in [1.807, 2.05) is 6.07 Å². The second-order valence-corrected chi connectivity index (χ2v) is 5.37. The van der Waals surface area contributed by atoms with E-state index in [1.54, 1.807) is 6.07 Å². The van der Waals surface area contributed by atoms with Gasteiger partial charge in [-0.05, 0) is 18.9 Å². The molecule has 0 heterocycles. The molecule has 0 bridgehead atoms. The molecule has 1 atom stereocenters. The van der Waals surface area contributed by atoms with E-state index in [1.165, 1.54) is 24.0 Å². The average Bonchev–Trinajstić information content (AvgIpc) is 2.16. The fraction of sp³-hybridized carbons (Fsp3) is 0.538. The van der Waals surface area contributed by atoms with Crippen LogP contribution in [0.4, 0.5) is 0 Å². The predicted octanol–water partition coefficient (Wildman–Crippen LogP) is 2.48. The Labute approximate surface area is 91.7 Å². The summed E-state index contributed by atoms with van der Waals surface area (Å²) in [6, 6.07) is 6.46. The third-order valence-corrected chi connectivity index (χ3v) is 3.39. The number of phenols is 1. The molecule has 0 saturated heterocycles. The molecule has 0 amide bonds. The Balaban J connectivity index is 2.48. The van der Waals surface area contributed by atoms with Gasteiger partial charge in [-0.3, -0.25) is 0 Å². The van der Waals surface area contributed by atoms with E-state index in [4.69, 9.17) is 0 Å². The largest absolute Gasteiger partial charge is 0.508 e. The van der Waals surface area contributed by atoms with E-state index >= 15 is 0 Å². The highest BCUT2D eigenvalue weighted by Crippen LogP contribution is 2.39. The molecule has 0 aromatic heterocycles. The quantitative estimate of drug-likeness (QED) is 0.700. The van der Waals surface area contributed by atoms with E-state index < -0.39 is 0 Å². The Morgan fingerprint density at radius 3 is 2.67 bits per heavy atom. The third kappa shape index (κ3) is 1.86. The maximum absolute atomic E-state index is 9.83. The molecule has 82 valence electrons. The monoisotopic (exact) mass is 206 g/mol. The average molecular weight is 206 g/mol. The van der Waals surface area contributed by atoms with Crippen molar-refractivity contribution < 1.29 is 9.59 Å². The summed E-state index contributed by atoms with van der Waals surface area (Å²) in [5.41, 5.74) is 2.51. The van der Waals surface area contributed by atoms with Crippen LogP contribution in [-0.2, 0) is 6.42 Å². The molecule has 0 spiro atoms. The number of rotatable bonds is 1. The summed E-state index contributed by atoms with van der Waals surface area (Å²) >= 11 is 0. The fourth-order valence-corrected chi connectivity index (χ4v) is 2.61. The Bertz CT molecular complexity index is 365. The van der Waals surface area contributed by atoms with Gasteiger partial charge in [0, 0.05) is 17.5 Å². The molecule has 0 aliphatic heterocycles. The van der Waals surface area contributed by atoms with Crippen LogP contribution in [0.15, 0.2) is 18.2 Å². The first-order chi connectivity index (χ1) is 7.00. The summed E-state index contributed by atoms with van der Waals surface area (Å²) < 4.78 is 0.941. The van der Waals surface area contributed by atoms with Crippen molar-refractivity contribution in [3.63, 3.8) is 0 Å². The van der Waals surface area contributed by atoms with Crippen LogP contribution in [0, 0.1) is 0 Å². The van der Waals surface area contributed by atoms with Crippen molar-refractivity contribution in [1.29, 1.82) is 0 Å². The third-order valence-electron chi connectivity index (χ3n) is 3.39. The number of aromatic hydroxyl groups is 1. The van der Waals surface area contributed by atoms with Gasteiger partial charge in [0.05, 0.1) is 21.1 Å². The second-order valence-electron chi connectivity index (χ2n) is 5.37. The van der Waals surface area contributed by atoms with E-state index in [2.05, 4.69) is 27.2 Å². The summed E-state index contributed by atoms with van der Waals surface area (Å²) in [6.45, 7) is 0. The molecule has 2 heteroatoms. The van der Waals surface area contributed by atoms with Gasteiger partial charge < -0.3 is 9.59 Å². The lowest BCUT2D eigenvalue weighted by Gasteiger charge is -2.38. The number of nitrogens with zero attached hydrogens (tertiary/aromatic N) is 1. The minimum atomic E-state index is 0.477. The normalized spacial score (nSPS) is 21.1. The maximum Gasteiger partial charge on any atom is 0.119 e. The van der Waals surface area contributed by atoms with Gasteiger partial charge in [0.2, 0.25) is 0 Å². The minimum Gasteiger partial charge on any atom is -0.508 e. The van der Waals surface area contributed by atoms with E-state index in [0.717, 1.165) is 10.9 Å². The summed E-state index contributed by atoms with van der Waals surface area (Å²) in [5.74, 6) is 0.477. The SMILES string of the molecule is C[N+](C)(C)C1CCCc2c(O)cccc21. The summed E-state index contributed by atoms with van der Waals surface area (Å²) in [7, 11) is 6.68. The molecule has 1 aliphatic carbocycles. The Morgan fingerprint density at radius 1 is 1.27 bits per heavy atom. The van der Waals surface area contributed by atoms with Crippen LogP contribution in [-0.4, -0.2) is 30.7 Å². The molecule has 1 aromatic carbocycles. The van der Waals surface area contributed by atoms with Crippen molar-refractivity contribution in [3.05, 3.63) is 29.3 Å². The van der Waals surface area contributed by atoms with Crippen LogP contribution in [0.25, 0.3) is 0 Å². The highest BCUT2D eigenvalue weighted by atomic mass is 16.3. The first kappa shape index (κ1) is 10.5. The molecule has 1 N–H and O–H groups in total. The van der Waals surface area contributed by atoms with Gasteiger partial charge in [-0.15, -0.1) is 0 Å². The second kappa shape index (κ2) is 3.53. The molecule has 1 aliphatic rings. The van der Waals surface area contributed by atoms with Gasteiger partial charge in [0.1, 0.15) is 11.8 Å². The molecule has 1 unspecified atom stereocenters. The van der Waals surface area contributed by atoms with Crippen molar-refractivity contribution in [3.8, 4) is 5.75 Å². The first-order valence-corrected chi connectivity index (χ1v) is 5.62. The van der Waals surface area contributed by atoms with E-state index in [-0.39, 0.29) is 0 Å². The van der Waals surface area contributed by atoms with Crippen molar-refractivity contribution >= 4 is 0 Å². The van der Waals surface area contributed by atoms with Crippen molar-refractivity contribution in [2.45, 2.75) is 25.3 Å². The Kier molecular flexibility index (Phi) is 2.47. The molecule has 15 heavy (non-hydrogen) atoms. The standard InChI is InChI=1S/C13H19NO/c1-14(2,3)12-8-4-7-11-10(12)6-5-9-13(11)15/h5-6,9,12H,4,7-8H2,1-3H3/p+1. The molecular weight excluding hydrogens is 186 g/mol. The van der Waals surface area contributed by atoms with Gasteiger partial charge in [0.15, 0.2) is 0 Å². The topological polar surface area (TPSA) is 20.2 Å². The predicted molar refractivity (Wildman–Crippen MR) is 61.8 cm³/mol. The van der Waals surface area contributed by atoms with Crippen LogP contribution in [0.2, 0.25) is 0 Å². The Hall–Kier alpha value is -1.02. The number of fused-ring (bicyclic) bond motifs is 1. The molecule has 1 aromatic rings. The molecular formula is C13H20NO+. The number of hydrogen-bond acceptors (Lipinski definition) is 1. The van der Waals surface area contributed by atoms with Gasteiger partial charge in [-0.25, -0.2) is 0 Å². The lowest BCUT2D eigenvalue weighted by molar-refractivity contribution is -0.903. The molecule has 2 nitrogen and oxygen atoms in total. The summed E-state index contributed by atoms with van der Waals surface area (Å²) in [5, 5.41) is 9.83. The van der Waals surface area contributed by atoms with Crippen LogP contribution in [0.5, 0.6) is 5.75 Å². The number of hydrogen-bond donors (Lipinski definition) is 1. The lowest BCUT2D eigenvalue weighted by atomic mass is 9.85. The summed E-state index contributed by atoms with van der Waals surface area (Å²) in [4.78, 5) is 0. The number of phenolic OH excluding ortho intramolecular Hbond substituents is 1. The van der Waals surface area contributed by atoms with E-state index in [9.17, 15) is 5.11 Å². The highest BCUT2D eigenvalue weighted by Gasteiger charge is 2.31. The van der Waals surface area contributed by atoms with Crippen LogP contribution in [0.1, 0.15) is 30.0 Å². The smallest absolute Gasteiger partial charge is 0.119 e. The number of quaternary nitrogens is 1. The van der Waals surface area contributed by atoms with Crippen LogP contribution < -0.4 is 0 Å². The van der Waals surface area contributed by atoms with Crippen molar-refractivity contribution in [1.82, 2.24) is 0 Å². The van der Waals surface area contributed by atoms with E-state index in [0.29, 0.717) is 11.8 Å². The summed E-state index contributed by atoms with van der Waals surface area (Å²) in [6.07, 6.45) is 3.43.